The van der Waals surface area contributed by atoms with E-state index in [1.54, 1.807) is 36.4 Å². The molecule has 0 unspecified atom stereocenters. The first-order valence-electron chi connectivity index (χ1n) is 7.13. The maximum absolute atomic E-state index is 11.9. The topological polar surface area (TPSA) is 107 Å². The maximum Gasteiger partial charge on any atom is 0.307 e. The van der Waals surface area contributed by atoms with E-state index in [0.29, 0.717) is 22.6 Å². The van der Waals surface area contributed by atoms with Gasteiger partial charge < -0.3 is 14.9 Å². The number of amides is 2. The molecule has 3 N–H and O–H groups in total. The third-order valence-electron chi connectivity index (χ3n) is 2.99. The van der Waals surface area contributed by atoms with E-state index in [4.69, 9.17) is 14.9 Å². The highest BCUT2D eigenvalue weighted by Crippen LogP contribution is 2.15. The molecule has 126 valence electrons. The molecule has 0 bridgehead atoms. The molecule has 1 aromatic heterocycles. The van der Waals surface area contributed by atoms with Gasteiger partial charge in [-0.2, -0.15) is 5.10 Å². The van der Waals surface area contributed by atoms with Crippen LogP contribution in [0.1, 0.15) is 29.5 Å². The molecule has 0 saturated heterocycles. The van der Waals surface area contributed by atoms with Crippen LogP contribution in [0.3, 0.4) is 0 Å². The number of carbonyl (C=O) groups is 2. The minimum absolute atomic E-state index is 0.163. The number of hydrogen-bond donors (Lipinski definition) is 2. The second-order valence-corrected chi connectivity index (χ2v) is 5.52. The van der Waals surface area contributed by atoms with Crippen LogP contribution in [0.15, 0.2) is 50.6 Å². The van der Waals surface area contributed by atoms with Crippen LogP contribution in [0.2, 0.25) is 0 Å². The number of benzene rings is 1. The third-order valence-corrected chi connectivity index (χ3v) is 3.42. The number of nitrogens with one attached hydrogen (secondary N) is 1. The first-order valence-corrected chi connectivity index (χ1v) is 7.92. The number of nitrogens with zero attached hydrogens (tertiary/aromatic N) is 1. The van der Waals surface area contributed by atoms with Gasteiger partial charge in [0, 0.05) is 0 Å². The van der Waals surface area contributed by atoms with Crippen molar-refractivity contribution in [1.82, 2.24) is 5.43 Å². The summed E-state index contributed by atoms with van der Waals surface area (Å²) in [5.41, 5.74) is 9.00. The number of furan rings is 1. The number of ether oxygens (including phenoxy) is 1. The van der Waals surface area contributed by atoms with Gasteiger partial charge in [0.05, 0.1) is 5.71 Å². The predicted molar refractivity (Wildman–Crippen MR) is 91.8 cm³/mol. The van der Waals surface area contributed by atoms with Crippen LogP contribution >= 0.6 is 15.9 Å². The fourth-order valence-electron chi connectivity index (χ4n) is 1.86. The second-order valence-electron chi connectivity index (χ2n) is 4.74. The lowest BCUT2D eigenvalue weighted by molar-refractivity contribution is -0.119. The van der Waals surface area contributed by atoms with Gasteiger partial charge in [0.1, 0.15) is 5.75 Å². The van der Waals surface area contributed by atoms with Crippen LogP contribution in [-0.4, -0.2) is 24.1 Å². The fraction of sp³-hybridized carbons (Fsp3) is 0.188. The number of carbonyl (C=O) groups excluding carboxylic acids is 2. The van der Waals surface area contributed by atoms with Crippen molar-refractivity contribution in [2.24, 2.45) is 10.8 Å². The van der Waals surface area contributed by atoms with Crippen molar-refractivity contribution < 1.29 is 18.7 Å². The van der Waals surface area contributed by atoms with Gasteiger partial charge in [-0.1, -0.05) is 6.92 Å². The lowest BCUT2D eigenvalue weighted by Gasteiger charge is -2.07. The molecule has 2 amide bonds. The van der Waals surface area contributed by atoms with Crippen LogP contribution in [0, 0.1) is 0 Å². The van der Waals surface area contributed by atoms with Gasteiger partial charge in [-0.05, 0) is 64.3 Å². The van der Waals surface area contributed by atoms with Crippen molar-refractivity contribution in [2.45, 2.75) is 13.3 Å². The molecule has 1 aromatic carbocycles. The Kier molecular flexibility index (Phi) is 6.14. The monoisotopic (exact) mass is 393 g/mol. The first-order chi connectivity index (χ1) is 11.5. The Labute approximate surface area is 147 Å². The Bertz CT molecular complexity index is 753. The summed E-state index contributed by atoms with van der Waals surface area (Å²) in [6.45, 7) is 1.74. The van der Waals surface area contributed by atoms with Gasteiger partial charge in [-0.15, -0.1) is 0 Å². The zero-order valence-corrected chi connectivity index (χ0v) is 14.5. The number of hydrogen-bond acceptors (Lipinski definition) is 5. The molecule has 0 aliphatic heterocycles. The maximum atomic E-state index is 11.9. The molecule has 0 fully saturated rings. The van der Waals surface area contributed by atoms with Crippen molar-refractivity contribution in [3.8, 4) is 5.75 Å². The summed E-state index contributed by atoms with van der Waals surface area (Å²) in [6, 6.07) is 10.2. The smallest absolute Gasteiger partial charge is 0.307 e. The Hall–Kier alpha value is -2.61. The molecule has 0 radical (unpaired) electrons. The summed E-state index contributed by atoms with van der Waals surface area (Å²) in [7, 11) is 0. The molecule has 2 rings (SSSR count). The minimum Gasteiger partial charge on any atom is -0.484 e. The van der Waals surface area contributed by atoms with Crippen molar-refractivity contribution >= 4 is 33.5 Å². The van der Waals surface area contributed by atoms with Crippen LogP contribution in [0.4, 0.5) is 0 Å². The van der Waals surface area contributed by atoms with E-state index in [2.05, 4.69) is 26.5 Å². The third kappa shape index (κ3) is 4.95. The number of primary amides is 1. The van der Waals surface area contributed by atoms with Gasteiger partial charge >= 0.3 is 5.91 Å². The van der Waals surface area contributed by atoms with Crippen LogP contribution in [0.5, 0.6) is 5.75 Å². The molecule has 0 atom stereocenters. The molecule has 0 aliphatic rings. The minimum atomic E-state index is -0.540. The van der Waals surface area contributed by atoms with Gasteiger partial charge in [-0.25, -0.2) is 5.43 Å². The molecule has 1 heterocycles. The zero-order chi connectivity index (χ0) is 17.5. The molecule has 7 nitrogen and oxygen atoms in total. The van der Waals surface area contributed by atoms with Crippen LogP contribution in [-0.2, 0) is 4.79 Å². The number of halogens is 1. The average molecular weight is 394 g/mol. The van der Waals surface area contributed by atoms with E-state index in [1.807, 2.05) is 6.92 Å². The molecule has 0 spiro atoms. The summed E-state index contributed by atoms with van der Waals surface area (Å²) in [5, 5.41) is 4.13. The summed E-state index contributed by atoms with van der Waals surface area (Å²) >= 11 is 3.14. The van der Waals surface area contributed by atoms with E-state index >= 15 is 0 Å². The quantitative estimate of drug-likeness (QED) is 0.556. The van der Waals surface area contributed by atoms with E-state index in [-0.39, 0.29) is 12.4 Å². The highest BCUT2D eigenvalue weighted by atomic mass is 79.9. The fourth-order valence-corrected chi connectivity index (χ4v) is 2.16. The summed E-state index contributed by atoms with van der Waals surface area (Å²) in [6.07, 6.45) is 0.615. The Morgan fingerprint density at radius 3 is 2.50 bits per heavy atom. The van der Waals surface area contributed by atoms with Crippen molar-refractivity contribution in [3.63, 3.8) is 0 Å². The van der Waals surface area contributed by atoms with E-state index in [9.17, 15) is 9.59 Å². The van der Waals surface area contributed by atoms with Crippen LogP contribution < -0.4 is 15.9 Å². The SMILES string of the molecule is CCC(=NNC(=O)c1ccc(Br)o1)c1ccc(OCC(N)=O)cc1. The number of hydrazone groups is 1. The molecule has 0 saturated carbocycles. The van der Waals surface area contributed by atoms with Crippen LogP contribution in [0.25, 0.3) is 0 Å². The van der Waals surface area contributed by atoms with Gasteiger partial charge in [0.25, 0.3) is 5.91 Å². The summed E-state index contributed by atoms with van der Waals surface area (Å²) in [5.74, 6) is -0.288. The normalized spacial score (nSPS) is 11.2. The second kappa shape index (κ2) is 8.30. The Balaban J connectivity index is 2.04. The van der Waals surface area contributed by atoms with Gasteiger partial charge in [0.2, 0.25) is 0 Å². The van der Waals surface area contributed by atoms with Crippen molar-refractivity contribution in [1.29, 1.82) is 0 Å². The molecule has 24 heavy (non-hydrogen) atoms. The lowest BCUT2D eigenvalue weighted by atomic mass is 10.1. The number of rotatable bonds is 7. The van der Waals surface area contributed by atoms with Gasteiger partial charge in [0.15, 0.2) is 17.0 Å². The number of nitrogens with two attached hydrogens (primary N) is 1. The summed E-state index contributed by atoms with van der Waals surface area (Å²) < 4.78 is 10.8. The molecular formula is C16H16BrN3O4. The highest BCUT2D eigenvalue weighted by Gasteiger charge is 2.10. The lowest BCUT2D eigenvalue weighted by Crippen LogP contribution is -2.20. The van der Waals surface area contributed by atoms with Gasteiger partial charge in [-0.3, -0.25) is 9.59 Å². The molecular weight excluding hydrogens is 378 g/mol. The average Bonchev–Trinajstić information content (AvgIpc) is 3.01. The van der Waals surface area contributed by atoms with E-state index in [1.165, 1.54) is 0 Å². The largest absolute Gasteiger partial charge is 0.484 e. The Morgan fingerprint density at radius 1 is 1.25 bits per heavy atom. The summed E-state index contributed by atoms with van der Waals surface area (Å²) in [4.78, 5) is 22.6. The predicted octanol–water partition coefficient (Wildman–Crippen LogP) is 2.45. The molecule has 2 aromatic rings. The molecule has 8 heteroatoms. The Morgan fingerprint density at radius 2 is 1.96 bits per heavy atom. The molecule has 0 aliphatic carbocycles. The van der Waals surface area contributed by atoms with Crippen molar-refractivity contribution in [2.75, 3.05) is 6.61 Å². The first kappa shape index (κ1) is 17.7. The zero-order valence-electron chi connectivity index (χ0n) is 12.9. The van der Waals surface area contributed by atoms with E-state index in [0.717, 1.165) is 5.56 Å². The van der Waals surface area contributed by atoms with E-state index < -0.39 is 11.8 Å². The standard InChI is InChI=1S/C16H16BrN3O4/c1-2-12(19-20-16(22)13-7-8-14(17)24-13)10-3-5-11(6-4-10)23-9-15(18)21/h3-8H,2,9H2,1H3,(H2,18,21)(H,20,22). The highest BCUT2D eigenvalue weighted by molar-refractivity contribution is 9.10. The van der Waals surface area contributed by atoms with Crippen molar-refractivity contribution in [3.05, 3.63) is 52.4 Å².